The molecule has 2 heterocycles. The van der Waals surface area contributed by atoms with Crippen molar-refractivity contribution in [3.63, 3.8) is 0 Å². The Morgan fingerprint density at radius 2 is 1.88 bits per heavy atom. The number of rotatable bonds is 6. The van der Waals surface area contributed by atoms with Crippen LogP contribution in [-0.2, 0) is 9.59 Å². The number of carbonyl (C=O) groups excluding carboxylic acids is 2. The van der Waals surface area contributed by atoms with Crippen molar-refractivity contribution in [3.05, 3.63) is 35.9 Å². The Morgan fingerprint density at radius 3 is 2.54 bits per heavy atom. The fourth-order valence-electron chi connectivity index (χ4n) is 4.43. The van der Waals surface area contributed by atoms with Gasteiger partial charge in [0.2, 0.25) is 11.8 Å². The van der Waals surface area contributed by atoms with Crippen LogP contribution in [0.25, 0.3) is 0 Å². The summed E-state index contributed by atoms with van der Waals surface area (Å²) in [6.45, 7) is 4.42. The van der Waals surface area contributed by atoms with Crippen LogP contribution in [-0.4, -0.2) is 60.4 Å². The number of carbonyl (C=O) groups is 2. The van der Waals surface area contributed by atoms with E-state index in [0.717, 1.165) is 52.0 Å². The summed E-state index contributed by atoms with van der Waals surface area (Å²) in [6, 6.07) is 10.7. The van der Waals surface area contributed by atoms with Crippen LogP contribution in [0.2, 0.25) is 0 Å². The van der Waals surface area contributed by atoms with Crippen molar-refractivity contribution in [1.82, 2.24) is 15.1 Å². The van der Waals surface area contributed by atoms with E-state index < -0.39 is 0 Å². The minimum absolute atomic E-state index is 0.166. The lowest BCUT2D eigenvalue weighted by molar-refractivity contribution is -0.128. The lowest BCUT2D eigenvalue weighted by atomic mass is 9.84. The lowest BCUT2D eigenvalue weighted by Gasteiger charge is -2.28. The van der Waals surface area contributed by atoms with E-state index in [-0.39, 0.29) is 17.9 Å². The molecule has 3 fully saturated rings. The number of nitrogens with zero attached hydrogens (tertiary/aromatic N) is 2. The Labute approximate surface area is 155 Å². The molecule has 2 amide bonds. The Kier molecular flexibility index (Phi) is 5.25. The summed E-state index contributed by atoms with van der Waals surface area (Å²) in [7, 11) is 0. The van der Waals surface area contributed by atoms with E-state index in [1.165, 1.54) is 12.0 Å². The van der Waals surface area contributed by atoms with E-state index in [1.54, 1.807) is 0 Å². The van der Waals surface area contributed by atoms with Crippen molar-refractivity contribution in [2.24, 2.45) is 5.92 Å². The first-order chi connectivity index (χ1) is 12.7. The highest BCUT2D eigenvalue weighted by Gasteiger charge is 2.37. The number of likely N-dealkylation sites (tertiary alicyclic amines) is 2. The molecule has 26 heavy (non-hydrogen) atoms. The Balaban J connectivity index is 1.40. The summed E-state index contributed by atoms with van der Waals surface area (Å²) < 4.78 is 0. The van der Waals surface area contributed by atoms with Gasteiger partial charge in [-0.1, -0.05) is 36.8 Å². The maximum Gasteiger partial charge on any atom is 0.223 e. The molecule has 1 aromatic carbocycles. The van der Waals surface area contributed by atoms with Crippen LogP contribution in [0.4, 0.5) is 0 Å². The molecule has 1 aliphatic carbocycles. The van der Waals surface area contributed by atoms with Crippen molar-refractivity contribution < 1.29 is 9.59 Å². The molecule has 4 rings (SSSR count). The number of hydrogen-bond acceptors (Lipinski definition) is 3. The van der Waals surface area contributed by atoms with Crippen molar-refractivity contribution in [3.8, 4) is 0 Å². The second-order valence-corrected chi connectivity index (χ2v) is 8.00. The molecule has 1 aromatic rings. The summed E-state index contributed by atoms with van der Waals surface area (Å²) in [5, 5.41) is 3.33. The Bertz CT molecular complexity index is 644. The summed E-state index contributed by atoms with van der Waals surface area (Å²) in [5.41, 5.74) is 1.30. The van der Waals surface area contributed by atoms with Gasteiger partial charge in [-0.15, -0.1) is 0 Å². The van der Waals surface area contributed by atoms with Gasteiger partial charge in [-0.2, -0.15) is 0 Å². The number of amides is 2. The minimum atomic E-state index is 0.166. The molecule has 0 radical (unpaired) electrons. The topological polar surface area (TPSA) is 52.7 Å². The van der Waals surface area contributed by atoms with Crippen molar-refractivity contribution >= 4 is 11.8 Å². The van der Waals surface area contributed by atoms with Crippen molar-refractivity contribution in [2.75, 3.05) is 32.7 Å². The van der Waals surface area contributed by atoms with Gasteiger partial charge < -0.3 is 10.2 Å². The molecule has 5 nitrogen and oxygen atoms in total. The first-order valence-corrected chi connectivity index (χ1v) is 10.1. The van der Waals surface area contributed by atoms with Gasteiger partial charge in [0.15, 0.2) is 0 Å². The molecule has 1 saturated carbocycles. The summed E-state index contributed by atoms with van der Waals surface area (Å²) in [6.07, 6.45) is 4.95. The monoisotopic (exact) mass is 355 g/mol. The third-order valence-electron chi connectivity index (χ3n) is 6.28. The van der Waals surface area contributed by atoms with Gasteiger partial charge in [0.25, 0.3) is 0 Å². The molecule has 1 N–H and O–H groups in total. The first kappa shape index (κ1) is 17.5. The molecule has 2 atom stereocenters. The zero-order valence-corrected chi connectivity index (χ0v) is 15.4. The quantitative estimate of drug-likeness (QED) is 0.849. The van der Waals surface area contributed by atoms with Crippen molar-refractivity contribution in [1.29, 1.82) is 0 Å². The van der Waals surface area contributed by atoms with E-state index in [0.29, 0.717) is 18.2 Å². The number of hydrogen-bond donors (Lipinski definition) is 1. The minimum Gasteiger partial charge on any atom is -0.351 e. The van der Waals surface area contributed by atoms with Crippen LogP contribution in [0.3, 0.4) is 0 Å². The van der Waals surface area contributed by atoms with Gasteiger partial charge in [0.05, 0.1) is 0 Å². The van der Waals surface area contributed by atoms with Crippen LogP contribution in [0.1, 0.15) is 43.6 Å². The van der Waals surface area contributed by atoms with Crippen LogP contribution in [0.5, 0.6) is 0 Å². The maximum atomic E-state index is 12.5. The van der Waals surface area contributed by atoms with E-state index in [9.17, 15) is 9.59 Å². The smallest absolute Gasteiger partial charge is 0.223 e. The van der Waals surface area contributed by atoms with Crippen LogP contribution >= 0.6 is 0 Å². The van der Waals surface area contributed by atoms with Gasteiger partial charge in [-0.25, -0.2) is 0 Å². The van der Waals surface area contributed by atoms with Gasteiger partial charge in [0.1, 0.15) is 0 Å². The predicted molar refractivity (Wildman–Crippen MR) is 101 cm³/mol. The average Bonchev–Trinajstić information content (AvgIpc) is 3.18. The van der Waals surface area contributed by atoms with E-state index in [4.69, 9.17) is 0 Å². The number of benzene rings is 1. The molecular weight excluding hydrogens is 326 g/mol. The standard InChI is InChI=1S/C21H29N3O2/c25-20-10-5-11-24(20)13-12-23-14-18(16-6-2-1-3-7-16)19(15-23)22-21(26)17-8-4-9-17/h1-3,6-7,17-19H,4-5,8-15H2,(H,22,26). The second-order valence-electron chi connectivity index (χ2n) is 8.00. The SMILES string of the molecule is O=C(NC1CN(CCN2CCCC2=O)CC1c1ccccc1)C1CCC1. The van der Waals surface area contributed by atoms with Gasteiger partial charge in [-0.05, 0) is 24.8 Å². The molecule has 2 unspecified atom stereocenters. The maximum absolute atomic E-state index is 12.5. The van der Waals surface area contributed by atoms with Crippen LogP contribution < -0.4 is 5.32 Å². The summed E-state index contributed by atoms with van der Waals surface area (Å²) in [5.74, 6) is 1.08. The second kappa shape index (κ2) is 7.78. The zero-order chi connectivity index (χ0) is 17.9. The highest BCUT2D eigenvalue weighted by Crippen LogP contribution is 2.30. The molecular formula is C21H29N3O2. The molecule has 2 aliphatic heterocycles. The van der Waals surface area contributed by atoms with E-state index in [1.807, 2.05) is 11.0 Å². The predicted octanol–water partition coefficient (Wildman–Crippen LogP) is 1.99. The van der Waals surface area contributed by atoms with Gasteiger partial charge >= 0.3 is 0 Å². The van der Waals surface area contributed by atoms with Gasteiger partial charge in [-0.3, -0.25) is 14.5 Å². The molecule has 0 bridgehead atoms. The fourth-order valence-corrected chi connectivity index (χ4v) is 4.43. The molecule has 5 heteroatoms. The third kappa shape index (κ3) is 3.78. The zero-order valence-electron chi connectivity index (χ0n) is 15.4. The first-order valence-electron chi connectivity index (χ1n) is 10.1. The molecule has 2 saturated heterocycles. The fraction of sp³-hybridized carbons (Fsp3) is 0.619. The van der Waals surface area contributed by atoms with Crippen LogP contribution in [0, 0.1) is 5.92 Å². The summed E-state index contributed by atoms with van der Waals surface area (Å²) in [4.78, 5) is 28.7. The molecule has 140 valence electrons. The summed E-state index contributed by atoms with van der Waals surface area (Å²) >= 11 is 0. The third-order valence-corrected chi connectivity index (χ3v) is 6.28. The molecule has 3 aliphatic rings. The van der Waals surface area contributed by atoms with E-state index >= 15 is 0 Å². The highest BCUT2D eigenvalue weighted by molar-refractivity contribution is 5.80. The van der Waals surface area contributed by atoms with E-state index in [2.05, 4.69) is 34.5 Å². The van der Waals surface area contributed by atoms with Gasteiger partial charge in [0, 0.05) is 57.0 Å². The normalized spacial score (nSPS) is 26.9. The largest absolute Gasteiger partial charge is 0.351 e. The lowest BCUT2D eigenvalue weighted by Crippen LogP contribution is -2.44. The van der Waals surface area contributed by atoms with Crippen molar-refractivity contribution in [2.45, 2.75) is 44.1 Å². The van der Waals surface area contributed by atoms with Crippen LogP contribution in [0.15, 0.2) is 30.3 Å². The highest BCUT2D eigenvalue weighted by atomic mass is 16.2. The Morgan fingerprint density at radius 1 is 1.08 bits per heavy atom. The molecule has 0 aromatic heterocycles. The molecule has 0 spiro atoms. The average molecular weight is 355 g/mol. The Hall–Kier alpha value is -1.88. The number of nitrogens with one attached hydrogen (secondary N) is 1.